The average molecular weight is 221 g/mol. The Hall–Kier alpha value is -0.760. The molecule has 1 saturated carbocycles. The summed E-state index contributed by atoms with van der Waals surface area (Å²) in [7, 11) is 0. The van der Waals surface area contributed by atoms with E-state index in [9.17, 15) is 0 Å². The van der Waals surface area contributed by atoms with Crippen LogP contribution in [0.15, 0.2) is 22.8 Å². The van der Waals surface area contributed by atoms with Gasteiger partial charge in [-0.1, -0.05) is 20.3 Å². The highest BCUT2D eigenvalue weighted by molar-refractivity contribution is 5.02. The summed E-state index contributed by atoms with van der Waals surface area (Å²) in [5.74, 6) is 2.85. The second-order valence-corrected chi connectivity index (χ2v) is 5.13. The molecule has 1 N–H and O–H groups in total. The average Bonchev–Trinajstić information content (AvgIpc) is 2.88. The lowest BCUT2D eigenvalue weighted by Crippen LogP contribution is -2.37. The quantitative estimate of drug-likeness (QED) is 0.825. The van der Waals surface area contributed by atoms with Crippen LogP contribution >= 0.6 is 0 Å². The lowest BCUT2D eigenvalue weighted by Gasteiger charge is -2.23. The van der Waals surface area contributed by atoms with Gasteiger partial charge in [-0.3, -0.25) is 0 Å². The largest absolute Gasteiger partial charge is 0.469 e. The third-order valence-corrected chi connectivity index (χ3v) is 3.77. The summed E-state index contributed by atoms with van der Waals surface area (Å²) in [5, 5.41) is 3.62. The first-order valence-corrected chi connectivity index (χ1v) is 6.55. The molecule has 1 aliphatic carbocycles. The summed E-state index contributed by atoms with van der Waals surface area (Å²) >= 11 is 0. The molecule has 3 atom stereocenters. The number of hydrogen-bond donors (Lipinski definition) is 1. The number of rotatable bonds is 5. The third-order valence-electron chi connectivity index (χ3n) is 3.77. The summed E-state index contributed by atoms with van der Waals surface area (Å²) in [5.41, 5.74) is 0. The Bertz CT molecular complexity index is 294. The molecule has 2 nitrogen and oxygen atoms in total. The van der Waals surface area contributed by atoms with Gasteiger partial charge in [0.2, 0.25) is 0 Å². The van der Waals surface area contributed by atoms with Crippen molar-refractivity contribution in [1.29, 1.82) is 0 Å². The van der Waals surface area contributed by atoms with Crippen LogP contribution in [0, 0.1) is 11.8 Å². The van der Waals surface area contributed by atoms with Crippen LogP contribution in [0.5, 0.6) is 0 Å². The molecular weight excluding hydrogens is 198 g/mol. The van der Waals surface area contributed by atoms with Crippen molar-refractivity contribution in [3.63, 3.8) is 0 Å². The van der Waals surface area contributed by atoms with Crippen molar-refractivity contribution in [2.24, 2.45) is 11.8 Å². The highest BCUT2D eigenvalue weighted by atomic mass is 16.3. The molecule has 1 aliphatic rings. The number of likely N-dealkylation sites (N-methyl/N-ethyl adjacent to an activating group) is 1. The Morgan fingerprint density at radius 3 is 2.94 bits per heavy atom. The normalized spacial score (nSPS) is 27.1. The second kappa shape index (κ2) is 5.53. The van der Waals surface area contributed by atoms with Gasteiger partial charge < -0.3 is 9.73 Å². The van der Waals surface area contributed by atoms with Crippen molar-refractivity contribution in [2.75, 3.05) is 6.54 Å². The van der Waals surface area contributed by atoms with Crippen LogP contribution in [0.3, 0.4) is 0 Å². The topological polar surface area (TPSA) is 25.2 Å². The van der Waals surface area contributed by atoms with Gasteiger partial charge >= 0.3 is 0 Å². The Morgan fingerprint density at radius 1 is 1.50 bits per heavy atom. The zero-order valence-electron chi connectivity index (χ0n) is 10.4. The molecule has 0 spiro atoms. The van der Waals surface area contributed by atoms with E-state index in [1.54, 1.807) is 6.26 Å². The van der Waals surface area contributed by atoms with Crippen LogP contribution in [0.4, 0.5) is 0 Å². The summed E-state index contributed by atoms with van der Waals surface area (Å²) in [4.78, 5) is 0. The maximum atomic E-state index is 5.46. The van der Waals surface area contributed by atoms with Gasteiger partial charge in [-0.2, -0.15) is 0 Å². The third kappa shape index (κ3) is 2.88. The molecule has 90 valence electrons. The van der Waals surface area contributed by atoms with Crippen molar-refractivity contribution in [2.45, 2.75) is 45.6 Å². The number of hydrogen-bond acceptors (Lipinski definition) is 2. The van der Waals surface area contributed by atoms with Crippen LogP contribution in [-0.4, -0.2) is 12.6 Å². The van der Waals surface area contributed by atoms with Crippen molar-refractivity contribution in [3.05, 3.63) is 24.2 Å². The van der Waals surface area contributed by atoms with Gasteiger partial charge in [-0.15, -0.1) is 0 Å². The maximum Gasteiger partial charge on any atom is 0.105 e. The van der Waals surface area contributed by atoms with Crippen LogP contribution in [0.1, 0.15) is 38.9 Å². The van der Waals surface area contributed by atoms with E-state index in [1.807, 2.05) is 6.07 Å². The fourth-order valence-electron chi connectivity index (χ4n) is 2.93. The molecule has 0 radical (unpaired) electrons. The van der Waals surface area contributed by atoms with E-state index in [0.717, 1.165) is 30.6 Å². The molecule has 1 fully saturated rings. The van der Waals surface area contributed by atoms with Gasteiger partial charge in [0.1, 0.15) is 5.76 Å². The number of nitrogens with one attached hydrogen (secondary N) is 1. The predicted octanol–water partition coefficient (Wildman–Crippen LogP) is 3.24. The van der Waals surface area contributed by atoms with Crippen LogP contribution in [0.25, 0.3) is 0 Å². The van der Waals surface area contributed by atoms with Gasteiger partial charge in [0.05, 0.1) is 6.26 Å². The van der Waals surface area contributed by atoms with Crippen molar-refractivity contribution >= 4 is 0 Å². The van der Waals surface area contributed by atoms with Crippen LogP contribution < -0.4 is 5.32 Å². The molecule has 1 heterocycles. The second-order valence-electron chi connectivity index (χ2n) is 5.13. The lowest BCUT2D eigenvalue weighted by atomic mass is 9.93. The molecule has 2 rings (SSSR count). The molecule has 3 unspecified atom stereocenters. The van der Waals surface area contributed by atoms with E-state index in [-0.39, 0.29) is 0 Å². The summed E-state index contributed by atoms with van der Waals surface area (Å²) in [6.07, 6.45) is 6.95. The van der Waals surface area contributed by atoms with Gasteiger partial charge in [-0.05, 0) is 43.4 Å². The summed E-state index contributed by atoms with van der Waals surface area (Å²) in [6, 6.07) is 4.67. The molecule has 1 aromatic rings. The van der Waals surface area contributed by atoms with E-state index in [2.05, 4.69) is 25.2 Å². The Kier molecular flexibility index (Phi) is 4.05. The van der Waals surface area contributed by atoms with E-state index in [4.69, 9.17) is 4.42 Å². The Morgan fingerprint density at radius 2 is 2.38 bits per heavy atom. The van der Waals surface area contributed by atoms with Gasteiger partial charge in [0.25, 0.3) is 0 Å². The van der Waals surface area contributed by atoms with Gasteiger partial charge in [0, 0.05) is 12.5 Å². The van der Waals surface area contributed by atoms with Crippen molar-refractivity contribution < 1.29 is 4.42 Å². The Balaban J connectivity index is 1.94. The maximum absolute atomic E-state index is 5.46. The molecule has 2 heteroatoms. The minimum Gasteiger partial charge on any atom is -0.469 e. The predicted molar refractivity (Wildman–Crippen MR) is 66.4 cm³/mol. The van der Waals surface area contributed by atoms with Crippen molar-refractivity contribution in [1.82, 2.24) is 5.32 Å². The monoisotopic (exact) mass is 221 g/mol. The van der Waals surface area contributed by atoms with E-state index < -0.39 is 0 Å². The SMILES string of the molecule is CCNC(Cc1ccco1)C1CCC(C)C1. The minimum atomic E-state index is 0.598. The van der Waals surface area contributed by atoms with E-state index >= 15 is 0 Å². The van der Waals surface area contributed by atoms with E-state index in [0.29, 0.717) is 6.04 Å². The van der Waals surface area contributed by atoms with Crippen LogP contribution in [0.2, 0.25) is 0 Å². The molecule has 0 saturated heterocycles. The highest BCUT2D eigenvalue weighted by Gasteiger charge is 2.28. The first kappa shape index (κ1) is 11.7. The smallest absolute Gasteiger partial charge is 0.105 e. The molecule has 16 heavy (non-hydrogen) atoms. The zero-order chi connectivity index (χ0) is 11.4. The fourth-order valence-corrected chi connectivity index (χ4v) is 2.93. The van der Waals surface area contributed by atoms with Crippen molar-refractivity contribution in [3.8, 4) is 0 Å². The molecule has 0 amide bonds. The number of furan rings is 1. The van der Waals surface area contributed by atoms with Gasteiger partial charge in [0.15, 0.2) is 0 Å². The Labute approximate surface area is 98.4 Å². The van der Waals surface area contributed by atoms with E-state index in [1.165, 1.54) is 19.3 Å². The highest BCUT2D eigenvalue weighted by Crippen LogP contribution is 2.33. The molecule has 0 aliphatic heterocycles. The molecule has 0 bridgehead atoms. The van der Waals surface area contributed by atoms with Gasteiger partial charge in [-0.25, -0.2) is 0 Å². The minimum absolute atomic E-state index is 0.598. The molecule has 0 aromatic carbocycles. The molecule has 1 aromatic heterocycles. The molecular formula is C14H23NO. The lowest BCUT2D eigenvalue weighted by molar-refractivity contribution is 0.334. The van der Waals surface area contributed by atoms with Crippen LogP contribution in [-0.2, 0) is 6.42 Å². The summed E-state index contributed by atoms with van der Waals surface area (Å²) < 4.78 is 5.46. The fraction of sp³-hybridized carbons (Fsp3) is 0.714. The summed E-state index contributed by atoms with van der Waals surface area (Å²) in [6.45, 7) is 5.61. The first-order valence-electron chi connectivity index (χ1n) is 6.55. The standard InChI is InChI=1S/C14H23NO/c1-3-15-14(10-13-5-4-8-16-13)12-7-6-11(2)9-12/h4-5,8,11-12,14-15H,3,6-7,9-10H2,1-2H3. The first-order chi connectivity index (χ1) is 7.79. The zero-order valence-corrected chi connectivity index (χ0v) is 10.4.